The van der Waals surface area contributed by atoms with Crippen LogP contribution in [0.15, 0.2) is 12.4 Å². The fourth-order valence-electron chi connectivity index (χ4n) is 4.96. The van der Waals surface area contributed by atoms with Crippen molar-refractivity contribution in [2.45, 2.75) is 77.1 Å². The summed E-state index contributed by atoms with van der Waals surface area (Å²) in [4.78, 5) is 58.9. The topological polar surface area (TPSA) is 155 Å². The Balaban J connectivity index is 1.46. The number of hydrogen-bond donors (Lipinski definition) is 2. The van der Waals surface area contributed by atoms with Crippen LogP contribution in [0.4, 0.5) is 10.7 Å². The van der Waals surface area contributed by atoms with E-state index in [-0.39, 0.29) is 36.8 Å². The van der Waals surface area contributed by atoms with Crippen molar-refractivity contribution in [3.8, 4) is 0 Å². The minimum atomic E-state index is -0.854. The van der Waals surface area contributed by atoms with Crippen LogP contribution in [0.5, 0.6) is 0 Å². The van der Waals surface area contributed by atoms with Crippen molar-refractivity contribution >= 4 is 23.9 Å². The van der Waals surface area contributed by atoms with Crippen LogP contribution in [0.3, 0.4) is 0 Å². The number of nitrogens with one attached hydrogen (secondary N) is 2. The van der Waals surface area contributed by atoms with Crippen molar-refractivity contribution in [1.82, 2.24) is 34.9 Å². The van der Waals surface area contributed by atoms with E-state index in [0.29, 0.717) is 19.4 Å². The highest BCUT2D eigenvalue weighted by Crippen LogP contribution is 2.14. The lowest BCUT2D eigenvalue weighted by molar-refractivity contribution is -0.396. The van der Waals surface area contributed by atoms with Crippen LogP contribution in [-0.2, 0) is 20.9 Å². The molecule has 2 N–H and O–H groups in total. The molecule has 0 bridgehead atoms. The third kappa shape index (κ3) is 10.0. The van der Waals surface area contributed by atoms with Crippen molar-refractivity contribution in [3.63, 3.8) is 0 Å². The first kappa shape index (κ1) is 31.3. The van der Waals surface area contributed by atoms with Crippen LogP contribution >= 0.6 is 0 Å². The van der Waals surface area contributed by atoms with Gasteiger partial charge in [0.15, 0.2) is 0 Å². The molecule has 0 saturated carbocycles. The Morgan fingerprint density at radius 3 is 2.55 bits per heavy atom. The number of carbonyl (C=O) groups is 3. The third-order valence-electron chi connectivity index (χ3n) is 7.10. The SMILES string of the molecule is CN1CCN(C(=O)CCCN2CC[C@@H](NC(=O)[C@H](CCCn3ccnc3[N+](=O)[O-])NC(=O)OC(C)(C)C)C2)CC1. The minimum Gasteiger partial charge on any atom is -0.444 e. The van der Waals surface area contributed by atoms with Gasteiger partial charge >= 0.3 is 12.0 Å². The summed E-state index contributed by atoms with van der Waals surface area (Å²) >= 11 is 0. The number of aromatic nitrogens is 2. The summed E-state index contributed by atoms with van der Waals surface area (Å²) in [6.45, 7) is 11.2. The molecule has 2 aliphatic heterocycles. The summed E-state index contributed by atoms with van der Waals surface area (Å²) in [5, 5.41) is 16.8. The number of piperazine rings is 1. The lowest BCUT2D eigenvalue weighted by Crippen LogP contribution is -2.51. The Bertz CT molecular complexity index is 1020. The summed E-state index contributed by atoms with van der Waals surface area (Å²) in [7, 11) is 2.07. The number of amides is 3. The predicted molar refractivity (Wildman–Crippen MR) is 148 cm³/mol. The number of rotatable bonds is 12. The number of hydrogen-bond acceptors (Lipinski definition) is 9. The van der Waals surface area contributed by atoms with Gasteiger partial charge in [-0.25, -0.2) is 9.36 Å². The van der Waals surface area contributed by atoms with Gasteiger partial charge in [0.1, 0.15) is 24.0 Å². The second-order valence-corrected chi connectivity index (χ2v) is 11.6. The van der Waals surface area contributed by atoms with Gasteiger partial charge in [-0.1, -0.05) is 4.98 Å². The molecule has 3 amide bonds. The number of carbonyl (C=O) groups excluding carboxylic acids is 3. The van der Waals surface area contributed by atoms with Crippen LogP contribution in [0.2, 0.25) is 0 Å². The van der Waals surface area contributed by atoms with E-state index in [2.05, 4.69) is 32.5 Å². The monoisotopic (exact) mass is 564 g/mol. The van der Waals surface area contributed by atoms with Crippen molar-refractivity contribution in [3.05, 3.63) is 22.5 Å². The molecular weight excluding hydrogens is 520 g/mol. The maximum atomic E-state index is 13.2. The van der Waals surface area contributed by atoms with E-state index < -0.39 is 22.7 Å². The van der Waals surface area contributed by atoms with Crippen molar-refractivity contribution in [2.24, 2.45) is 0 Å². The molecule has 2 fully saturated rings. The Morgan fingerprint density at radius 2 is 1.88 bits per heavy atom. The second kappa shape index (κ2) is 14.4. The largest absolute Gasteiger partial charge is 0.444 e. The Kier molecular flexibility index (Phi) is 11.3. The highest BCUT2D eigenvalue weighted by Gasteiger charge is 2.29. The highest BCUT2D eigenvalue weighted by molar-refractivity contribution is 5.85. The first-order chi connectivity index (χ1) is 18.9. The normalized spacial score (nSPS) is 19.3. The van der Waals surface area contributed by atoms with Gasteiger partial charge in [0.2, 0.25) is 11.8 Å². The quantitative estimate of drug-likeness (QED) is 0.281. The lowest BCUT2D eigenvalue weighted by atomic mass is 10.1. The molecule has 14 heteroatoms. The van der Waals surface area contributed by atoms with Gasteiger partial charge in [0.05, 0.1) is 6.54 Å². The van der Waals surface area contributed by atoms with E-state index in [1.54, 1.807) is 20.8 Å². The standard InChI is InChI=1S/C26H44N8O6/c1-26(2,3)40-25(37)29-21(7-5-12-33-14-10-27-24(33)34(38)39)23(36)28-20-9-13-31(19-20)11-6-8-22(35)32-17-15-30(4)16-18-32/h10,14,20-21H,5-9,11-13,15-19H2,1-4H3,(H,28,36)(H,29,37)/t20-,21+/m1/s1. The molecule has 224 valence electrons. The molecule has 1 aromatic rings. The number of imidazole rings is 1. The van der Waals surface area contributed by atoms with Crippen LogP contribution in [0, 0.1) is 10.1 Å². The number of aryl methyl sites for hydroxylation is 1. The molecule has 0 aromatic carbocycles. The van der Waals surface area contributed by atoms with E-state index in [9.17, 15) is 24.5 Å². The maximum absolute atomic E-state index is 13.2. The van der Waals surface area contributed by atoms with Crippen LogP contribution in [-0.4, -0.2) is 118 Å². The van der Waals surface area contributed by atoms with Crippen LogP contribution in [0.1, 0.15) is 52.9 Å². The molecule has 0 radical (unpaired) electrons. The zero-order valence-corrected chi connectivity index (χ0v) is 24.1. The smallest absolute Gasteiger partial charge is 0.434 e. The van der Waals surface area contributed by atoms with Crippen molar-refractivity contribution < 1.29 is 24.0 Å². The molecule has 0 aliphatic carbocycles. The number of alkyl carbamates (subject to hydrolysis) is 1. The molecule has 0 unspecified atom stereocenters. The van der Waals surface area contributed by atoms with Gasteiger partial charge in [-0.3, -0.25) is 9.59 Å². The molecule has 2 aliphatic rings. The molecule has 14 nitrogen and oxygen atoms in total. The highest BCUT2D eigenvalue weighted by atomic mass is 16.6. The third-order valence-corrected chi connectivity index (χ3v) is 7.10. The fraction of sp³-hybridized carbons (Fsp3) is 0.769. The van der Waals surface area contributed by atoms with Gasteiger partial charge in [-0.15, -0.1) is 0 Å². The Labute approximate surface area is 235 Å². The van der Waals surface area contributed by atoms with Gasteiger partial charge in [0.25, 0.3) is 0 Å². The van der Waals surface area contributed by atoms with Crippen LogP contribution in [0.25, 0.3) is 0 Å². The first-order valence-electron chi connectivity index (χ1n) is 14.1. The van der Waals surface area contributed by atoms with E-state index in [0.717, 1.165) is 52.1 Å². The van der Waals surface area contributed by atoms with Gasteiger partial charge in [0, 0.05) is 51.7 Å². The summed E-state index contributed by atoms with van der Waals surface area (Å²) in [6, 6.07) is -0.925. The summed E-state index contributed by atoms with van der Waals surface area (Å²) in [6.07, 6.45) is 4.92. The van der Waals surface area contributed by atoms with Crippen molar-refractivity contribution in [1.29, 1.82) is 0 Å². The first-order valence-corrected chi connectivity index (χ1v) is 14.1. The molecule has 3 rings (SSSR count). The van der Waals surface area contributed by atoms with Crippen LogP contribution < -0.4 is 10.6 Å². The molecule has 3 heterocycles. The Hall–Kier alpha value is -3.26. The van der Waals surface area contributed by atoms with Gasteiger partial charge in [-0.2, -0.15) is 0 Å². The maximum Gasteiger partial charge on any atom is 0.434 e. The molecule has 2 saturated heterocycles. The molecule has 40 heavy (non-hydrogen) atoms. The number of ether oxygens (including phenoxy) is 1. The Morgan fingerprint density at radius 1 is 1.15 bits per heavy atom. The lowest BCUT2D eigenvalue weighted by Gasteiger charge is -2.32. The molecule has 1 aromatic heterocycles. The van der Waals surface area contributed by atoms with Gasteiger partial charge in [-0.05, 0) is 65.0 Å². The summed E-state index contributed by atoms with van der Waals surface area (Å²) in [5.41, 5.74) is -0.722. The second-order valence-electron chi connectivity index (χ2n) is 11.6. The predicted octanol–water partition coefficient (Wildman–Crippen LogP) is 1.21. The average Bonchev–Trinajstić information content (AvgIpc) is 3.52. The van der Waals surface area contributed by atoms with E-state index >= 15 is 0 Å². The minimum absolute atomic E-state index is 0.0708. The van der Waals surface area contributed by atoms with E-state index in [1.165, 1.54) is 17.0 Å². The van der Waals surface area contributed by atoms with E-state index in [1.807, 2.05) is 4.90 Å². The summed E-state index contributed by atoms with van der Waals surface area (Å²) in [5.74, 6) is -0.380. The number of likely N-dealkylation sites (N-methyl/N-ethyl adjacent to an activating group) is 1. The zero-order valence-electron chi connectivity index (χ0n) is 24.1. The summed E-state index contributed by atoms with van der Waals surface area (Å²) < 4.78 is 6.75. The zero-order chi connectivity index (χ0) is 29.3. The number of nitrogens with zero attached hydrogens (tertiary/aromatic N) is 6. The fourth-order valence-corrected chi connectivity index (χ4v) is 4.96. The van der Waals surface area contributed by atoms with Crippen molar-refractivity contribution in [2.75, 3.05) is 52.9 Å². The molecule has 2 atom stereocenters. The molecule has 0 spiro atoms. The van der Waals surface area contributed by atoms with Gasteiger partial charge < -0.3 is 40.2 Å². The number of likely N-dealkylation sites (tertiary alicyclic amines) is 1. The molecular formula is C26H44N8O6. The van der Waals surface area contributed by atoms with E-state index in [4.69, 9.17) is 4.74 Å². The number of nitro groups is 1. The average molecular weight is 565 g/mol.